The van der Waals surface area contributed by atoms with E-state index in [1.807, 2.05) is 42.6 Å². The zero-order valence-corrected chi connectivity index (χ0v) is 9.14. The third-order valence-electron chi connectivity index (χ3n) is 2.91. The third kappa shape index (κ3) is 1.58. The first-order valence-electron chi connectivity index (χ1n) is 5.45. The minimum atomic E-state index is 0.689. The fourth-order valence-corrected chi connectivity index (χ4v) is 2.03. The van der Waals surface area contributed by atoms with E-state index in [2.05, 4.69) is 23.2 Å². The molecular weight excluding hydrogens is 208 g/mol. The van der Waals surface area contributed by atoms with E-state index >= 15 is 0 Å². The summed E-state index contributed by atoms with van der Waals surface area (Å²) in [5, 5.41) is 9.98. The van der Waals surface area contributed by atoms with Crippen LogP contribution in [-0.2, 0) is 0 Å². The number of hydrogen-bond donors (Lipinski definition) is 1. The standard InChI is InChI=1S/C15H10N2/c16-9-11-5-7-12(8-6-11)14-10-17-15-4-2-1-3-13(14)15/h1-8,10,17H. The van der Waals surface area contributed by atoms with Crippen LogP contribution in [0.15, 0.2) is 54.7 Å². The molecule has 0 saturated heterocycles. The number of rotatable bonds is 1. The van der Waals surface area contributed by atoms with Gasteiger partial charge < -0.3 is 4.98 Å². The van der Waals surface area contributed by atoms with Crippen LogP contribution in [-0.4, -0.2) is 4.98 Å². The molecule has 17 heavy (non-hydrogen) atoms. The first-order chi connectivity index (χ1) is 8.38. The molecule has 0 aliphatic carbocycles. The number of nitriles is 1. The summed E-state index contributed by atoms with van der Waals surface area (Å²) in [7, 11) is 0. The fourth-order valence-electron chi connectivity index (χ4n) is 2.03. The molecule has 0 bridgehead atoms. The summed E-state index contributed by atoms with van der Waals surface area (Å²) >= 11 is 0. The Morgan fingerprint density at radius 1 is 0.941 bits per heavy atom. The van der Waals surface area contributed by atoms with Crippen LogP contribution in [0.5, 0.6) is 0 Å². The highest BCUT2D eigenvalue weighted by atomic mass is 14.7. The Labute approximate surface area is 99.1 Å². The second-order valence-corrected chi connectivity index (χ2v) is 3.94. The quantitative estimate of drug-likeness (QED) is 0.664. The highest BCUT2D eigenvalue weighted by molar-refractivity contribution is 5.95. The zero-order chi connectivity index (χ0) is 11.7. The van der Waals surface area contributed by atoms with Gasteiger partial charge in [-0.25, -0.2) is 0 Å². The number of nitrogens with one attached hydrogen (secondary N) is 1. The maximum absolute atomic E-state index is 8.77. The maximum atomic E-state index is 8.77. The number of benzene rings is 2. The molecule has 0 amide bonds. The van der Waals surface area contributed by atoms with Crippen molar-refractivity contribution >= 4 is 10.9 Å². The van der Waals surface area contributed by atoms with Crippen molar-refractivity contribution in [2.75, 3.05) is 0 Å². The van der Waals surface area contributed by atoms with Crippen molar-refractivity contribution in [1.29, 1.82) is 5.26 Å². The highest BCUT2D eigenvalue weighted by Gasteiger charge is 2.04. The van der Waals surface area contributed by atoms with Crippen LogP contribution in [0.1, 0.15) is 5.56 Å². The van der Waals surface area contributed by atoms with Crippen LogP contribution >= 0.6 is 0 Å². The van der Waals surface area contributed by atoms with Gasteiger partial charge in [0.2, 0.25) is 0 Å². The number of aromatic amines is 1. The Kier molecular flexibility index (Phi) is 2.16. The molecule has 1 heterocycles. The van der Waals surface area contributed by atoms with Gasteiger partial charge in [-0.15, -0.1) is 0 Å². The van der Waals surface area contributed by atoms with Crippen LogP contribution in [0.3, 0.4) is 0 Å². The van der Waals surface area contributed by atoms with Crippen LogP contribution < -0.4 is 0 Å². The average molecular weight is 218 g/mol. The van der Waals surface area contributed by atoms with Crippen LogP contribution in [0.25, 0.3) is 22.0 Å². The van der Waals surface area contributed by atoms with Crippen molar-refractivity contribution in [1.82, 2.24) is 4.98 Å². The molecule has 0 aliphatic rings. The topological polar surface area (TPSA) is 39.6 Å². The normalized spacial score (nSPS) is 10.3. The molecule has 2 heteroatoms. The molecule has 0 aliphatic heterocycles. The van der Waals surface area contributed by atoms with Gasteiger partial charge in [-0.3, -0.25) is 0 Å². The second kappa shape index (κ2) is 3.80. The molecule has 3 aromatic rings. The molecule has 0 fully saturated rings. The van der Waals surface area contributed by atoms with Gasteiger partial charge in [0.15, 0.2) is 0 Å². The molecule has 0 atom stereocenters. The largest absolute Gasteiger partial charge is 0.361 e. The maximum Gasteiger partial charge on any atom is 0.0991 e. The van der Waals surface area contributed by atoms with E-state index in [1.54, 1.807) is 0 Å². The Balaban J connectivity index is 2.17. The molecular formula is C15H10N2. The minimum Gasteiger partial charge on any atom is -0.361 e. The number of H-pyrrole nitrogens is 1. The minimum absolute atomic E-state index is 0.689. The van der Waals surface area contributed by atoms with Crippen molar-refractivity contribution in [2.24, 2.45) is 0 Å². The second-order valence-electron chi connectivity index (χ2n) is 3.94. The van der Waals surface area contributed by atoms with Gasteiger partial charge in [-0.1, -0.05) is 30.3 Å². The van der Waals surface area contributed by atoms with Crippen molar-refractivity contribution in [2.45, 2.75) is 0 Å². The molecule has 0 unspecified atom stereocenters. The van der Waals surface area contributed by atoms with Gasteiger partial charge in [0.1, 0.15) is 0 Å². The van der Waals surface area contributed by atoms with Crippen LogP contribution in [0, 0.1) is 11.3 Å². The first-order valence-corrected chi connectivity index (χ1v) is 5.45. The van der Waals surface area contributed by atoms with Crippen LogP contribution in [0.2, 0.25) is 0 Å². The van der Waals surface area contributed by atoms with Gasteiger partial charge in [-0.2, -0.15) is 5.26 Å². The summed E-state index contributed by atoms with van der Waals surface area (Å²) in [6.45, 7) is 0. The Hall–Kier alpha value is -2.53. The van der Waals surface area contributed by atoms with E-state index in [9.17, 15) is 0 Å². The Bertz CT molecular complexity index is 700. The molecule has 80 valence electrons. The van der Waals surface area contributed by atoms with Crippen molar-refractivity contribution in [3.05, 3.63) is 60.3 Å². The van der Waals surface area contributed by atoms with Crippen molar-refractivity contribution in [3.63, 3.8) is 0 Å². The number of aromatic nitrogens is 1. The summed E-state index contributed by atoms with van der Waals surface area (Å²) in [4.78, 5) is 3.25. The lowest BCUT2D eigenvalue weighted by molar-refractivity contribution is 1.47. The molecule has 1 aromatic heterocycles. The predicted molar refractivity (Wildman–Crippen MR) is 68.4 cm³/mol. The number of fused-ring (bicyclic) bond motifs is 1. The lowest BCUT2D eigenvalue weighted by Gasteiger charge is -1.99. The number of para-hydroxylation sites is 1. The smallest absolute Gasteiger partial charge is 0.0991 e. The first kappa shape index (κ1) is 9.68. The van der Waals surface area contributed by atoms with Gasteiger partial charge >= 0.3 is 0 Å². The lowest BCUT2D eigenvalue weighted by Crippen LogP contribution is -1.77. The number of hydrogen-bond acceptors (Lipinski definition) is 1. The van der Waals surface area contributed by atoms with E-state index in [4.69, 9.17) is 5.26 Å². The SMILES string of the molecule is N#Cc1ccc(-c2c[nH]c3ccccc23)cc1. The highest BCUT2D eigenvalue weighted by Crippen LogP contribution is 2.28. The van der Waals surface area contributed by atoms with E-state index in [-0.39, 0.29) is 0 Å². The summed E-state index contributed by atoms with van der Waals surface area (Å²) in [6.07, 6.45) is 2.01. The van der Waals surface area contributed by atoms with E-state index in [0.29, 0.717) is 5.56 Å². The van der Waals surface area contributed by atoms with E-state index in [0.717, 1.165) is 11.1 Å². The Morgan fingerprint density at radius 2 is 1.71 bits per heavy atom. The van der Waals surface area contributed by atoms with Crippen LogP contribution in [0.4, 0.5) is 0 Å². The van der Waals surface area contributed by atoms with Gasteiger partial charge in [-0.05, 0) is 23.8 Å². The lowest BCUT2D eigenvalue weighted by atomic mass is 10.0. The fraction of sp³-hybridized carbons (Fsp3) is 0. The molecule has 1 N–H and O–H groups in total. The van der Waals surface area contributed by atoms with Gasteiger partial charge in [0.25, 0.3) is 0 Å². The summed E-state index contributed by atoms with van der Waals surface area (Å²) in [6, 6.07) is 18.0. The van der Waals surface area contributed by atoms with Gasteiger partial charge in [0.05, 0.1) is 11.6 Å². The molecule has 3 rings (SSSR count). The molecule has 2 aromatic carbocycles. The van der Waals surface area contributed by atoms with E-state index in [1.165, 1.54) is 10.9 Å². The Morgan fingerprint density at radius 3 is 2.47 bits per heavy atom. The molecule has 0 spiro atoms. The monoisotopic (exact) mass is 218 g/mol. The number of nitrogens with zero attached hydrogens (tertiary/aromatic N) is 1. The van der Waals surface area contributed by atoms with Gasteiger partial charge in [0, 0.05) is 22.7 Å². The third-order valence-corrected chi connectivity index (χ3v) is 2.91. The van der Waals surface area contributed by atoms with E-state index < -0.39 is 0 Å². The summed E-state index contributed by atoms with van der Waals surface area (Å²) in [5.41, 5.74) is 4.12. The van der Waals surface area contributed by atoms with Crippen molar-refractivity contribution < 1.29 is 0 Å². The molecule has 0 radical (unpaired) electrons. The average Bonchev–Trinajstić information content (AvgIpc) is 2.83. The summed E-state index contributed by atoms with van der Waals surface area (Å²) in [5.74, 6) is 0. The van der Waals surface area contributed by atoms with Crippen molar-refractivity contribution in [3.8, 4) is 17.2 Å². The molecule has 0 saturated carbocycles. The molecule has 2 nitrogen and oxygen atoms in total. The summed E-state index contributed by atoms with van der Waals surface area (Å²) < 4.78 is 0. The predicted octanol–water partition coefficient (Wildman–Crippen LogP) is 3.71. The zero-order valence-electron chi connectivity index (χ0n) is 9.14.